The number of hydrogen-bond donors (Lipinski definition) is 2. The first-order valence-electron chi connectivity index (χ1n) is 11.1. The number of piperazine rings is 1. The van der Waals surface area contributed by atoms with Gasteiger partial charge in [0.1, 0.15) is 0 Å². The molecule has 166 valence electrons. The van der Waals surface area contributed by atoms with Gasteiger partial charge in [-0.1, -0.05) is 41.9 Å². The van der Waals surface area contributed by atoms with E-state index < -0.39 is 6.35 Å². The van der Waals surface area contributed by atoms with Crippen LogP contribution < -0.4 is 5.32 Å². The fraction of sp³-hybridized carbons (Fsp3) is 0.458. The molecule has 2 saturated heterocycles. The third kappa shape index (κ3) is 5.98. The van der Waals surface area contributed by atoms with Gasteiger partial charge in [0.15, 0.2) is 6.35 Å². The van der Waals surface area contributed by atoms with Gasteiger partial charge in [0.2, 0.25) is 5.91 Å². The summed E-state index contributed by atoms with van der Waals surface area (Å²) in [5.74, 6) is 0.326. The van der Waals surface area contributed by atoms with E-state index in [2.05, 4.69) is 16.3 Å². The zero-order chi connectivity index (χ0) is 21.6. The number of anilines is 1. The maximum atomic E-state index is 13.0. The van der Waals surface area contributed by atoms with Crippen LogP contribution in [0.5, 0.6) is 0 Å². The fourth-order valence-electron chi connectivity index (χ4n) is 4.44. The second kappa shape index (κ2) is 10.5. The molecule has 31 heavy (non-hydrogen) atoms. The number of aliphatic hydroxyl groups is 1. The highest BCUT2D eigenvalue weighted by atomic mass is 35.5. The molecule has 0 aromatic heterocycles. The van der Waals surface area contributed by atoms with E-state index >= 15 is 0 Å². The Bertz CT molecular complexity index is 850. The first kappa shape index (κ1) is 22.1. The number of aliphatic hydroxyl groups excluding tert-OH is 1. The summed E-state index contributed by atoms with van der Waals surface area (Å²) in [6.07, 6.45) is 0.845. The van der Waals surface area contributed by atoms with Crippen LogP contribution in [0.15, 0.2) is 54.6 Å². The van der Waals surface area contributed by atoms with Crippen molar-refractivity contribution in [3.8, 4) is 0 Å². The van der Waals surface area contributed by atoms with Crippen molar-refractivity contribution in [3.63, 3.8) is 0 Å². The summed E-state index contributed by atoms with van der Waals surface area (Å²) in [4.78, 5) is 19.4. The number of carbonyl (C=O) groups excluding carboxylic acids is 1. The summed E-state index contributed by atoms with van der Waals surface area (Å²) in [6.45, 7) is 5.62. The molecule has 1 unspecified atom stereocenters. The average molecular weight is 443 g/mol. The van der Waals surface area contributed by atoms with E-state index in [0.717, 1.165) is 56.3 Å². The van der Waals surface area contributed by atoms with Gasteiger partial charge in [-0.2, -0.15) is 0 Å². The maximum absolute atomic E-state index is 13.0. The van der Waals surface area contributed by atoms with Crippen LogP contribution in [-0.2, 0) is 11.3 Å². The number of amides is 1. The molecular formula is C24H31ClN4O2. The number of benzene rings is 2. The van der Waals surface area contributed by atoms with Crippen molar-refractivity contribution >= 4 is 23.2 Å². The number of para-hydroxylation sites is 1. The SMILES string of the molecule is O=C(C1CCN(C(O)Nc2ccccc2)CC1)N1CCN(Cc2cccc(Cl)c2)CC1. The molecule has 0 radical (unpaired) electrons. The second-order valence-electron chi connectivity index (χ2n) is 8.43. The van der Waals surface area contributed by atoms with Crippen molar-refractivity contribution in [2.45, 2.75) is 25.7 Å². The van der Waals surface area contributed by atoms with Crippen LogP contribution in [-0.4, -0.2) is 71.3 Å². The molecule has 2 aliphatic rings. The molecule has 0 aliphatic carbocycles. The minimum atomic E-state index is -0.728. The van der Waals surface area contributed by atoms with Crippen molar-refractivity contribution < 1.29 is 9.90 Å². The van der Waals surface area contributed by atoms with Crippen LogP contribution in [0.25, 0.3) is 0 Å². The average Bonchev–Trinajstić information content (AvgIpc) is 2.80. The van der Waals surface area contributed by atoms with E-state index in [1.54, 1.807) is 0 Å². The molecule has 2 aromatic rings. The molecule has 4 rings (SSSR count). The van der Waals surface area contributed by atoms with E-state index in [-0.39, 0.29) is 11.8 Å². The highest BCUT2D eigenvalue weighted by Gasteiger charge is 2.32. The van der Waals surface area contributed by atoms with Crippen molar-refractivity contribution in [2.75, 3.05) is 44.6 Å². The number of carbonyl (C=O) groups is 1. The highest BCUT2D eigenvalue weighted by molar-refractivity contribution is 6.30. The van der Waals surface area contributed by atoms with Crippen molar-refractivity contribution in [2.24, 2.45) is 5.92 Å². The van der Waals surface area contributed by atoms with Gasteiger partial charge in [0, 0.05) is 62.4 Å². The van der Waals surface area contributed by atoms with Gasteiger partial charge in [-0.15, -0.1) is 0 Å². The van der Waals surface area contributed by atoms with Gasteiger partial charge in [0.25, 0.3) is 0 Å². The van der Waals surface area contributed by atoms with E-state index in [1.807, 2.05) is 58.3 Å². The Balaban J connectivity index is 1.20. The van der Waals surface area contributed by atoms with Gasteiger partial charge >= 0.3 is 0 Å². The summed E-state index contributed by atoms with van der Waals surface area (Å²) >= 11 is 6.09. The normalized spacial score (nSPS) is 19.9. The lowest BCUT2D eigenvalue weighted by Crippen LogP contribution is -2.52. The number of likely N-dealkylation sites (tertiary alicyclic amines) is 1. The standard InChI is InChI=1S/C24H31ClN4O2/c25-21-6-4-5-19(17-21)18-27-13-15-28(16-14-27)23(30)20-9-11-29(12-10-20)24(31)26-22-7-2-1-3-8-22/h1-8,17,20,24,26,31H,9-16,18H2. The Kier molecular flexibility index (Phi) is 7.45. The van der Waals surface area contributed by atoms with Crippen molar-refractivity contribution in [1.82, 2.24) is 14.7 Å². The van der Waals surface area contributed by atoms with E-state index in [0.29, 0.717) is 13.1 Å². The molecule has 1 amide bonds. The first-order valence-corrected chi connectivity index (χ1v) is 11.5. The topological polar surface area (TPSA) is 59.1 Å². The summed E-state index contributed by atoms with van der Waals surface area (Å²) in [7, 11) is 0. The maximum Gasteiger partial charge on any atom is 0.225 e. The molecule has 0 spiro atoms. The third-order valence-electron chi connectivity index (χ3n) is 6.27. The Labute approximate surface area is 189 Å². The Morgan fingerprint density at radius 2 is 1.71 bits per heavy atom. The number of piperidine rings is 1. The van der Waals surface area contributed by atoms with E-state index in [4.69, 9.17) is 11.6 Å². The predicted octanol–water partition coefficient (Wildman–Crippen LogP) is 3.08. The molecule has 0 saturated carbocycles. The second-order valence-corrected chi connectivity index (χ2v) is 8.86. The number of halogens is 1. The number of hydrogen-bond acceptors (Lipinski definition) is 5. The molecule has 2 fully saturated rings. The molecule has 6 nitrogen and oxygen atoms in total. The lowest BCUT2D eigenvalue weighted by molar-refractivity contribution is -0.139. The summed E-state index contributed by atoms with van der Waals surface area (Å²) in [5, 5.41) is 14.4. The molecule has 2 aromatic carbocycles. The lowest BCUT2D eigenvalue weighted by Gasteiger charge is -2.39. The Morgan fingerprint density at radius 1 is 1.00 bits per heavy atom. The molecule has 2 aliphatic heterocycles. The van der Waals surface area contributed by atoms with Crippen LogP contribution >= 0.6 is 11.6 Å². The van der Waals surface area contributed by atoms with Gasteiger partial charge in [-0.3, -0.25) is 14.6 Å². The number of nitrogens with one attached hydrogen (secondary N) is 1. The largest absolute Gasteiger partial charge is 0.361 e. The van der Waals surface area contributed by atoms with E-state index in [9.17, 15) is 9.90 Å². The van der Waals surface area contributed by atoms with Gasteiger partial charge < -0.3 is 15.3 Å². The first-order chi connectivity index (χ1) is 15.1. The van der Waals surface area contributed by atoms with Crippen LogP contribution in [0.3, 0.4) is 0 Å². The predicted molar refractivity (Wildman–Crippen MR) is 124 cm³/mol. The van der Waals surface area contributed by atoms with Crippen molar-refractivity contribution in [3.05, 3.63) is 65.2 Å². The van der Waals surface area contributed by atoms with Gasteiger partial charge in [0.05, 0.1) is 0 Å². The molecule has 0 bridgehead atoms. The van der Waals surface area contributed by atoms with Crippen LogP contribution in [0.4, 0.5) is 5.69 Å². The molecular weight excluding hydrogens is 412 g/mol. The highest BCUT2D eigenvalue weighted by Crippen LogP contribution is 2.23. The van der Waals surface area contributed by atoms with Gasteiger partial charge in [-0.25, -0.2) is 0 Å². The fourth-order valence-corrected chi connectivity index (χ4v) is 4.66. The van der Waals surface area contributed by atoms with Gasteiger partial charge in [-0.05, 0) is 42.7 Å². The van der Waals surface area contributed by atoms with Crippen LogP contribution in [0.2, 0.25) is 5.02 Å². The third-order valence-corrected chi connectivity index (χ3v) is 6.51. The van der Waals surface area contributed by atoms with Crippen LogP contribution in [0.1, 0.15) is 18.4 Å². The van der Waals surface area contributed by atoms with E-state index in [1.165, 1.54) is 5.56 Å². The minimum absolute atomic E-state index is 0.0552. The number of nitrogens with zero attached hydrogens (tertiary/aromatic N) is 3. The smallest absolute Gasteiger partial charge is 0.225 e. The van der Waals surface area contributed by atoms with Crippen molar-refractivity contribution in [1.29, 1.82) is 0 Å². The summed E-state index contributed by atoms with van der Waals surface area (Å²) in [6, 6.07) is 17.7. The summed E-state index contributed by atoms with van der Waals surface area (Å²) in [5.41, 5.74) is 2.10. The Morgan fingerprint density at radius 3 is 2.39 bits per heavy atom. The lowest BCUT2D eigenvalue weighted by atomic mass is 9.95. The molecule has 7 heteroatoms. The zero-order valence-electron chi connectivity index (χ0n) is 17.8. The molecule has 2 N–H and O–H groups in total. The molecule has 1 atom stereocenters. The molecule has 2 heterocycles. The van der Waals surface area contributed by atoms with Crippen LogP contribution in [0, 0.1) is 5.92 Å². The monoisotopic (exact) mass is 442 g/mol. The minimum Gasteiger partial charge on any atom is -0.361 e. The Hall–Kier alpha value is -2.12. The quantitative estimate of drug-likeness (QED) is 0.673. The summed E-state index contributed by atoms with van der Waals surface area (Å²) < 4.78 is 0. The number of rotatable bonds is 6. The zero-order valence-corrected chi connectivity index (χ0v) is 18.5.